The van der Waals surface area contributed by atoms with Crippen LogP contribution in [0.25, 0.3) is 0 Å². The van der Waals surface area contributed by atoms with Crippen LogP contribution in [0.15, 0.2) is 18.3 Å². The minimum Gasteiger partial charge on any atom is -0.368 e. The number of likely N-dealkylation sites (N-methyl/N-ethyl adjacent to an activating group) is 1. The fraction of sp³-hybridized carbons (Fsp3) is 0.792. The van der Waals surface area contributed by atoms with Crippen LogP contribution in [0.3, 0.4) is 0 Å². The minimum absolute atomic E-state index is 0.621. The first-order chi connectivity index (χ1) is 14.2. The molecule has 29 heavy (non-hydrogen) atoms. The molecule has 0 atom stereocenters. The molecule has 1 aromatic rings. The van der Waals surface area contributed by atoms with E-state index in [0.717, 1.165) is 19.1 Å². The lowest BCUT2D eigenvalue weighted by atomic mass is 9.70. The van der Waals surface area contributed by atoms with Crippen molar-refractivity contribution in [1.29, 1.82) is 0 Å². The Kier molecular flexibility index (Phi) is 5.70. The van der Waals surface area contributed by atoms with E-state index in [1.54, 1.807) is 0 Å². The molecule has 0 amide bonds. The van der Waals surface area contributed by atoms with Crippen LogP contribution in [0.4, 0.5) is 11.5 Å². The van der Waals surface area contributed by atoms with E-state index < -0.39 is 0 Å². The molecule has 4 fully saturated rings. The van der Waals surface area contributed by atoms with Gasteiger partial charge in [0.15, 0.2) is 0 Å². The Morgan fingerprint density at radius 3 is 2.10 bits per heavy atom. The van der Waals surface area contributed by atoms with Gasteiger partial charge >= 0.3 is 0 Å². The predicted octanol–water partition coefficient (Wildman–Crippen LogP) is 3.46. The van der Waals surface area contributed by atoms with Gasteiger partial charge in [0.2, 0.25) is 0 Å². The van der Waals surface area contributed by atoms with E-state index in [-0.39, 0.29) is 0 Å². The number of nitrogens with zero attached hydrogens (tertiary/aromatic N) is 5. The molecule has 5 rings (SSSR count). The second kappa shape index (κ2) is 8.43. The molecular formula is C24H39N5. The Hall–Kier alpha value is -1.33. The first-order valence-electron chi connectivity index (χ1n) is 12.2. The van der Waals surface area contributed by atoms with Gasteiger partial charge in [-0.25, -0.2) is 4.98 Å². The maximum atomic E-state index is 4.87. The number of piperidine rings is 2. The molecule has 3 aliphatic heterocycles. The summed E-state index contributed by atoms with van der Waals surface area (Å²) < 4.78 is 0. The number of piperazine rings is 1. The van der Waals surface area contributed by atoms with Gasteiger partial charge in [0.1, 0.15) is 5.82 Å². The molecule has 1 aromatic heterocycles. The summed E-state index contributed by atoms with van der Waals surface area (Å²) in [4.78, 5) is 15.2. The predicted molar refractivity (Wildman–Crippen MR) is 121 cm³/mol. The molecule has 1 spiro atoms. The van der Waals surface area contributed by atoms with Crippen LogP contribution in [0.2, 0.25) is 0 Å². The topological polar surface area (TPSA) is 25.9 Å². The summed E-state index contributed by atoms with van der Waals surface area (Å²) in [5.74, 6) is 1.18. The molecule has 160 valence electrons. The van der Waals surface area contributed by atoms with Crippen LogP contribution in [-0.2, 0) is 0 Å². The Morgan fingerprint density at radius 1 is 0.862 bits per heavy atom. The highest BCUT2D eigenvalue weighted by Crippen LogP contribution is 2.43. The summed E-state index contributed by atoms with van der Waals surface area (Å²) in [6.45, 7) is 13.1. The molecule has 5 heteroatoms. The number of rotatable bonds is 4. The van der Waals surface area contributed by atoms with Gasteiger partial charge in [-0.3, -0.25) is 0 Å². The first kappa shape index (κ1) is 19.6. The molecule has 3 saturated heterocycles. The average Bonchev–Trinajstić information content (AvgIpc) is 2.75. The van der Waals surface area contributed by atoms with Crippen molar-refractivity contribution in [2.75, 3.05) is 68.7 Å². The zero-order valence-corrected chi connectivity index (χ0v) is 18.4. The Balaban J connectivity index is 1.12. The molecular weight excluding hydrogens is 358 g/mol. The van der Waals surface area contributed by atoms with E-state index in [1.165, 1.54) is 102 Å². The van der Waals surface area contributed by atoms with E-state index >= 15 is 0 Å². The molecule has 5 nitrogen and oxygen atoms in total. The van der Waals surface area contributed by atoms with Crippen molar-refractivity contribution in [2.45, 2.75) is 57.9 Å². The fourth-order valence-corrected chi connectivity index (χ4v) is 5.90. The zero-order chi connectivity index (χ0) is 19.7. The summed E-state index contributed by atoms with van der Waals surface area (Å²) in [5, 5.41) is 0. The fourth-order valence-electron chi connectivity index (χ4n) is 5.90. The minimum atomic E-state index is 0.621. The lowest BCUT2D eigenvalue weighted by Crippen LogP contribution is -2.51. The highest BCUT2D eigenvalue weighted by molar-refractivity contribution is 5.51. The van der Waals surface area contributed by atoms with Crippen molar-refractivity contribution in [1.82, 2.24) is 14.8 Å². The molecule has 0 bridgehead atoms. The number of anilines is 2. The molecule has 1 aliphatic carbocycles. The van der Waals surface area contributed by atoms with Crippen LogP contribution < -0.4 is 9.80 Å². The number of pyridine rings is 1. The third kappa shape index (κ3) is 4.13. The zero-order valence-electron chi connectivity index (χ0n) is 18.4. The Morgan fingerprint density at radius 2 is 1.55 bits per heavy atom. The smallest absolute Gasteiger partial charge is 0.128 e. The van der Waals surface area contributed by atoms with Crippen LogP contribution in [0.1, 0.15) is 51.9 Å². The summed E-state index contributed by atoms with van der Waals surface area (Å²) in [5.41, 5.74) is 1.91. The molecule has 4 aliphatic rings. The van der Waals surface area contributed by atoms with Crippen molar-refractivity contribution >= 4 is 11.5 Å². The van der Waals surface area contributed by atoms with Crippen molar-refractivity contribution < 1.29 is 0 Å². The number of aromatic nitrogens is 1. The lowest BCUT2D eigenvalue weighted by Gasteiger charge is -2.50. The van der Waals surface area contributed by atoms with Gasteiger partial charge in [-0.05, 0) is 75.7 Å². The van der Waals surface area contributed by atoms with Crippen molar-refractivity contribution in [3.05, 3.63) is 18.3 Å². The third-order valence-corrected chi connectivity index (χ3v) is 8.51. The summed E-state index contributed by atoms with van der Waals surface area (Å²) in [6, 6.07) is 5.49. The van der Waals surface area contributed by atoms with Gasteiger partial charge in [0.25, 0.3) is 0 Å². The molecule has 0 unspecified atom stereocenters. The Labute approximate surface area is 177 Å². The largest absolute Gasteiger partial charge is 0.368 e. The normalized spacial score (nSPS) is 26.7. The maximum absolute atomic E-state index is 4.87. The van der Waals surface area contributed by atoms with E-state index in [2.05, 4.69) is 44.9 Å². The Bertz CT molecular complexity index is 644. The van der Waals surface area contributed by atoms with Gasteiger partial charge in [-0.1, -0.05) is 13.3 Å². The molecule has 0 radical (unpaired) electrons. The maximum Gasteiger partial charge on any atom is 0.128 e. The van der Waals surface area contributed by atoms with Gasteiger partial charge in [0, 0.05) is 45.3 Å². The lowest BCUT2D eigenvalue weighted by molar-refractivity contribution is 0.0305. The molecule has 1 saturated carbocycles. The van der Waals surface area contributed by atoms with E-state index in [9.17, 15) is 0 Å². The monoisotopic (exact) mass is 397 g/mol. The second-order valence-corrected chi connectivity index (χ2v) is 9.90. The molecule has 0 aromatic carbocycles. The standard InChI is InChI=1S/C24H39N5/c1-2-26-16-18-28(19-17-26)22-6-7-23(25-20-22)29-14-10-24(11-15-29)8-12-27(13-9-24)21-4-3-5-21/h6-7,20-21H,2-5,8-19H2,1H3. The number of hydrogen-bond acceptors (Lipinski definition) is 5. The second-order valence-electron chi connectivity index (χ2n) is 9.90. The van der Waals surface area contributed by atoms with Crippen molar-refractivity contribution in [3.63, 3.8) is 0 Å². The highest BCUT2D eigenvalue weighted by Gasteiger charge is 2.39. The number of likely N-dealkylation sites (tertiary alicyclic amines) is 1. The van der Waals surface area contributed by atoms with E-state index in [1.807, 2.05) is 0 Å². The van der Waals surface area contributed by atoms with Gasteiger partial charge in [-0.15, -0.1) is 0 Å². The molecule has 4 heterocycles. The first-order valence-corrected chi connectivity index (χ1v) is 12.2. The average molecular weight is 398 g/mol. The quantitative estimate of drug-likeness (QED) is 0.775. The summed E-state index contributed by atoms with van der Waals surface area (Å²) in [7, 11) is 0. The summed E-state index contributed by atoms with van der Waals surface area (Å²) in [6.07, 6.45) is 12.0. The number of hydrogen-bond donors (Lipinski definition) is 0. The van der Waals surface area contributed by atoms with E-state index in [4.69, 9.17) is 4.98 Å². The third-order valence-electron chi connectivity index (χ3n) is 8.51. The van der Waals surface area contributed by atoms with Gasteiger partial charge < -0.3 is 19.6 Å². The summed E-state index contributed by atoms with van der Waals surface area (Å²) >= 11 is 0. The van der Waals surface area contributed by atoms with Crippen LogP contribution in [0.5, 0.6) is 0 Å². The SMILES string of the molecule is CCN1CCN(c2ccc(N3CCC4(CC3)CCN(C3CCC3)CC4)nc2)CC1. The van der Waals surface area contributed by atoms with Crippen molar-refractivity contribution in [2.24, 2.45) is 5.41 Å². The van der Waals surface area contributed by atoms with Gasteiger partial charge in [0.05, 0.1) is 11.9 Å². The molecule has 0 N–H and O–H groups in total. The van der Waals surface area contributed by atoms with Crippen LogP contribution >= 0.6 is 0 Å². The van der Waals surface area contributed by atoms with Crippen molar-refractivity contribution in [3.8, 4) is 0 Å². The van der Waals surface area contributed by atoms with Crippen LogP contribution in [-0.4, -0.2) is 79.7 Å². The van der Waals surface area contributed by atoms with Crippen LogP contribution in [0, 0.1) is 5.41 Å². The highest BCUT2D eigenvalue weighted by atomic mass is 15.3. The van der Waals surface area contributed by atoms with E-state index in [0.29, 0.717) is 5.41 Å². The van der Waals surface area contributed by atoms with Gasteiger partial charge in [-0.2, -0.15) is 0 Å².